The fourth-order valence-corrected chi connectivity index (χ4v) is 0. The van der Waals surface area contributed by atoms with Crippen LogP contribution in [-0.4, -0.2) is 17.4 Å². The molecule has 0 aromatic rings. The van der Waals surface area contributed by atoms with Crippen LogP contribution in [0, 0.1) is 0 Å². The van der Waals surface area contributed by atoms with Crippen molar-refractivity contribution < 1.29 is 34.5 Å². The zero-order chi connectivity index (χ0) is 4.28. The van der Waals surface area contributed by atoms with Crippen LogP contribution in [0.3, 0.4) is 0 Å². The van der Waals surface area contributed by atoms with E-state index in [1.54, 1.807) is 0 Å². The Morgan fingerprint density at radius 2 is 1.83 bits per heavy atom. The van der Waals surface area contributed by atoms with Crippen molar-refractivity contribution in [2.24, 2.45) is 0 Å². The second-order valence-electron chi connectivity index (χ2n) is 0.407. The summed E-state index contributed by atoms with van der Waals surface area (Å²) in [4.78, 5) is 17.7. The van der Waals surface area contributed by atoms with Gasteiger partial charge in [-0.1, -0.05) is 0 Å². The topological polar surface area (TPSA) is 54.4 Å². The predicted molar refractivity (Wildman–Crippen MR) is 13.3 cm³/mol. The number of carboxylic acid groups (broad SMARTS) is 1. The van der Waals surface area contributed by atoms with Crippen molar-refractivity contribution in [3.05, 3.63) is 0 Å². The molecule has 0 aliphatic carbocycles. The van der Waals surface area contributed by atoms with Crippen molar-refractivity contribution in [1.29, 1.82) is 0 Å². The van der Waals surface area contributed by atoms with Gasteiger partial charge in [-0.25, -0.2) is 0 Å². The van der Waals surface area contributed by atoms with Gasteiger partial charge in [0.25, 0.3) is 0 Å². The molecular formula is C2HO3Os. The predicted octanol–water partition coefficient (Wildman–Crippen LogP) is -0.822. The molecular weight excluding hydrogens is 262 g/mol. The second-order valence-corrected chi connectivity index (χ2v) is 0.407. The summed E-state index contributed by atoms with van der Waals surface area (Å²) < 4.78 is 0. The summed E-state index contributed by atoms with van der Waals surface area (Å²) in [5.74, 6) is -1.55. The zero-order valence-electron chi connectivity index (χ0n) is 2.62. The van der Waals surface area contributed by atoms with Gasteiger partial charge in [0, 0.05) is 0 Å². The summed E-state index contributed by atoms with van der Waals surface area (Å²) in [6.45, 7) is 0. The number of rotatable bonds is 1. The molecule has 0 bridgehead atoms. The van der Waals surface area contributed by atoms with Crippen molar-refractivity contribution in [2.75, 3.05) is 0 Å². The fraction of sp³-hybridized carbons (Fsp3) is 0. The minimum absolute atomic E-state index is 0. The van der Waals surface area contributed by atoms with E-state index in [0.717, 1.165) is 0 Å². The Balaban J connectivity index is 0. The normalized spacial score (nSPS) is 5.33. The van der Waals surface area contributed by atoms with Gasteiger partial charge in [-0.3, -0.25) is 4.79 Å². The Morgan fingerprint density at radius 1 is 1.67 bits per heavy atom. The molecule has 0 heterocycles. The van der Waals surface area contributed by atoms with Crippen molar-refractivity contribution in [1.82, 2.24) is 0 Å². The Hall–Kier alpha value is -0.224. The number of aliphatic carboxylic acids is 1. The van der Waals surface area contributed by atoms with Gasteiger partial charge in [0.1, 0.15) is 0 Å². The smallest absolute Gasteiger partial charge is 0.531 e. The zero-order valence-corrected chi connectivity index (χ0v) is 5.16. The van der Waals surface area contributed by atoms with Crippen LogP contribution >= 0.6 is 0 Å². The molecule has 0 fully saturated rings. The molecule has 1 N–H and O–H groups in total. The summed E-state index contributed by atoms with van der Waals surface area (Å²) in [7, 11) is 0. The van der Waals surface area contributed by atoms with Crippen LogP contribution in [0.4, 0.5) is 0 Å². The van der Waals surface area contributed by atoms with Crippen LogP contribution in [0.2, 0.25) is 0 Å². The summed E-state index contributed by atoms with van der Waals surface area (Å²) in [5.41, 5.74) is 0. The van der Waals surface area contributed by atoms with E-state index in [0.29, 0.717) is 6.29 Å². The van der Waals surface area contributed by atoms with E-state index in [4.69, 9.17) is 14.7 Å². The Bertz CT molecular complexity index is 59.8. The van der Waals surface area contributed by atoms with Crippen LogP contribution in [0.5, 0.6) is 0 Å². The van der Waals surface area contributed by atoms with E-state index in [-0.39, 0.29) is 19.8 Å². The van der Waals surface area contributed by atoms with Gasteiger partial charge in [-0.05, 0) is 0 Å². The monoisotopic (exact) mass is 265 g/mol. The van der Waals surface area contributed by atoms with Crippen molar-refractivity contribution in [3.63, 3.8) is 0 Å². The number of carbonyl (C=O) groups is 1. The molecule has 0 aliphatic heterocycles. The van der Waals surface area contributed by atoms with Gasteiger partial charge in [-0.2, -0.15) is 6.29 Å². The van der Waals surface area contributed by atoms with E-state index in [9.17, 15) is 0 Å². The average molecular weight is 263 g/mol. The first kappa shape index (κ1) is 9.24. The first-order chi connectivity index (χ1) is 2.27. The third kappa shape index (κ3) is 9.22. The van der Waals surface area contributed by atoms with E-state index in [2.05, 4.69) is 0 Å². The van der Waals surface area contributed by atoms with Crippen molar-refractivity contribution in [3.8, 4) is 0 Å². The van der Waals surface area contributed by atoms with Crippen LogP contribution in [0.1, 0.15) is 0 Å². The van der Waals surface area contributed by atoms with Crippen LogP contribution in [-0.2, 0) is 29.4 Å². The van der Waals surface area contributed by atoms with Gasteiger partial charge in [0.05, 0.1) is 0 Å². The fourth-order valence-electron chi connectivity index (χ4n) is 0. The molecule has 0 aromatic carbocycles. The van der Waals surface area contributed by atoms with Gasteiger partial charge in [0.15, 0.2) is 5.97 Å². The molecule has 0 saturated heterocycles. The molecule has 4 heteroatoms. The first-order valence-electron chi connectivity index (χ1n) is 0.882. The third-order valence-electron chi connectivity index (χ3n) is 0.0873. The quantitative estimate of drug-likeness (QED) is 0.497. The molecule has 0 aromatic heterocycles. The van der Waals surface area contributed by atoms with Gasteiger partial charge in [-0.15, -0.1) is 0 Å². The molecule has 0 atom stereocenters. The standard InChI is InChI=1S/C2HO3.Os/c3-1-2(4)5;/h(H,4,5);/q-1;+1. The summed E-state index contributed by atoms with van der Waals surface area (Å²) in [6.07, 6.45) is 0.694. The molecule has 0 saturated carbocycles. The molecule has 1 radical (unpaired) electrons. The van der Waals surface area contributed by atoms with Crippen LogP contribution in [0.25, 0.3) is 0 Å². The van der Waals surface area contributed by atoms with Crippen molar-refractivity contribution in [2.45, 2.75) is 0 Å². The Morgan fingerprint density at radius 3 is 1.83 bits per heavy atom. The summed E-state index contributed by atoms with van der Waals surface area (Å²) >= 11 is 0. The molecule has 0 spiro atoms. The Labute approximate surface area is 47.4 Å². The maximum absolute atomic E-state index is 8.94. The maximum atomic E-state index is 8.94. The SMILES string of the molecule is O=[C-]C(=O)O.[Os+]. The molecule has 0 unspecified atom stereocenters. The van der Waals surface area contributed by atoms with E-state index < -0.39 is 5.97 Å². The van der Waals surface area contributed by atoms with Crippen molar-refractivity contribution >= 4 is 12.3 Å². The molecule has 0 aliphatic rings. The number of hydrogen-bond donors (Lipinski definition) is 1. The molecule has 35 valence electrons. The molecule has 0 rings (SSSR count). The maximum Gasteiger partial charge on any atom is 1.00 e. The Kier molecular flexibility index (Phi) is 7.36. The molecule has 3 nitrogen and oxygen atoms in total. The first-order valence-corrected chi connectivity index (χ1v) is 0.882. The molecule has 0 amide bonds. The molecule has 6 heavy (non-hydrogen) atoms. The van der Waals surface area contributed by atoms with Gasteiger partial charge < -0.3 is 9.90 Å². The number of hydrogen-bond acceptors (Lipinski definition) is 2. The third-order valence-corrected chi connectivity index (χ3v) is 0.0873. The van der Waals surface area contributed by atoms with Gasteiger partial charge in [0.2, 0.25) is 0 Å². The number of carbonyl (C=O) groups excluding carboxylic acids is 1. The minimum Gasteiger partial charge on any atom is -0.531 e. The van der Waals surface area contributed by atoms with Crippen LogP contribution in [0.15, 0.2) is 0 Å². The van der Waals surface area contributed by atoms with E-state index in [1.807, 2.05) is 0 Å². The average Bonchev–Trinajstić information content (AvgIpc) is 1.38. The number of carboxylic acids is 1. The largest absolute Gasteiger partial charge is 1.00 e. The van der Waals surface area contributed by atoms with E-state index >= 15 is 0 Å². The van der Waals surface area contributed by atoms with Gasteiger partial charge >= 0.3 is 19.8 Å². The minimum atomic E-state index is -1.55. The van der Waals surface area contributed by atoms with E-state index in [1.165, 1.54) is 0 Å². The second kappa shape index (κ2) is 4.78. The summed E-state index contributed by atoms with van der Waals surface area (Å²) in [5, 5.41) is 7.30. The summed E-state index contributed by atoms with van der Waals surface area (Å²) in [6, 6.07) is 0. The van der Waals surface area contributed by atoms with Crippen LogP contribution < -0.4 is 0 Å².